The van der Waals surface area contributed by atoms with Crippen LogP contribution < -0.4 is 10.1 Å². The highest BCUT2D eigenvalue weighted by molar-refractivity contribution is 5.86. The van der Waals surface area contributed by atoms with Gasteiger partial charge in [-0.15, -0.1) is 0 Å². The van der Waals surface area contributed by atoms with Gasteiger partial charge in [0.1, 0.15) is 23.9 Å². The van der Waals surface area contributed by atoms with Crippen molar-refractivity contribution < 1.29 is 28.6 Å². The Kier molecular flexibility index (Phi) is 8.80. The summed E-state index contributed by atoms with van der Waals surface area (Å²) in [4.78, 5) is 37.0. The second-order valence-electron chi connectivity index (χ2n) is 14.5. The first-order valence-electron chi connectivity index (χ1n) is 16.9. The number of ether oxygens (including phenoxy) is 3. The van der Waals surface area contributed by atoms with E-state index in [1.54, 1.807) is 13.0 Å². The quantitative estimate of drug-likeness (QED) is 0.305. The highest BCUT2D eigenvalue weighted by Crippen LogP contribution is 2.66. The van der Waals surface area contributed by atoms with Gasteiger partial charge in [-0.2, -0.15) is 0 Å². The molecule has 1 aliphatic heterocycles. The van der Waals surface area contributed by atoms with Crippen molar-refractivity contribution in [2.45, 2.75) is 104 Å². The molecule has 7 nitrogen and oxygen atoms in total. The minimum Gasteiger partial charge on any atom is -0.457 e. The molecule has 4 saturated carbocycles. The van der Waals surface area contributed by atoms with Gasteiger partial charge in [0.2, 0.25) is 0 Å². The van der Waals surface area contributed by atoms with Crippen molar-refractivity contribution in [1.82, 2.24) is 0 Å². The SMILES string of the molecule is C=C1C=C(CCCC(=O)CO[C@H]2CC[C@H]3[C@@H]4CC[C@H]5CC(=O)CC[C@]5(C)[C@H]4CC[C@]23C)c2ccc(NC(=O)OCC)cc2O1. The van der Waals surface area contributed by atoms with Gasteiger partial charge in [0.05, 0.1) is 12.7 Å². The van der Waals surface area contributed by atoms with Crippen molar-refractivity contribution >= 4 is 28.9 Å². The van der Waals surface area contributed by atoms with Gasteiger partial charge < -0.3 is 14.2 Å². The van der Waals surface area contributed by atoms with Gasteiger partial charge in [-0.05, 0) is 123 Å². The topological polar surface area (TPSA) is 90.9 Å². The average molecular weight is 604 g/mol. The number of Topliss-reactive ketones (excluding diaryl/α,β-unsaturated/α-hetero) is 2. The molecular formula is C37H49NO6. The van der Waals surface area contributed by atoms with Gasteiger partial charge in [-0.3, -0.25) is 14.9 Å². The Morgan fingerprint density at radius 3 is 2.70 bits per heavy atom. The Morgan fingerprint density at radius 2 is 1.89 bits per heavy atom. The average Bonchev–Trinajstić information content (AvgIpc) is 3.32. The van der Waals surface area contributed by atoms with Crippen LogP contribution in [0.2, 0.25) is 0 Å². The Balaban J connectivity index is 0.999. The number of amides is 1. The van der Waals surface area contributed by atoms with E-state index >= 15 is 0 Å². The molecular weight excluding hydrogens is 554 g/mol. The molecule has 0 bridgehead atoms. The summed E-state index contributed by atoms with van der Waals surface area (Å²) >= 11 is 0. The van der Waals surface area contributed by atoms with Crippen LogP contribution in [0.1, 0.15) is 103 Å². The monoisotopic (exact) mass is 603 g/mol. The molecule has 1 N–H and O–H groups in total. The fourth-order valence-electron chi connectivity index (χ4n) is 9.90. The normalized spacial score (nSPS) is 34.1. The fraction of sp³-hybridized carbons (Fsp3) is 0.649. The molecule has 0 saturated heterocycles. The Hall–Kier alpha value is -2.93. The van der Waals surface area contributed by atoms with Crippen LogP contribution in [0.25, 0.3) is 5.57 Å². The number of ketones is 2. The van der Waals surface area contributed by atoms with Gasteiger partial charge in [0, 0.05) is 36.6 Å². The zero-order valence-electron chi connectivity index (χ0n) is 26.8. The Labute approximate surface area is 262 Å². The summed E-state index contributed by atoms with van der Waals surface area (Å²) in [6, 6.07) is 5.52. The van der Waals surface area contributed by atoms with E-state index in [1.165, 1.54) is 32.1 Å². The maximum Gasteiger partial charge on any atom is 0.411 e. The van der Waals surface area contributed by atoms with E-state index in [0.717, 1.165) is 61.5 Å². The number of hydrogen-bond acceptors (Lipinski definition) is 6. The number of rotatable bonds is 9. The van der Waals surface area contributed by atoms with E-state index in [2.05, 4.69) is 25.7 Å². The lowest BCUT2D eigenvalue weighted by Crippen LogP contribution is -2.54. The van der Waals surface area contributed by atoms with Gasteiger partial charge >= 0.3 is 6.09 Å². The molecule has 7 atom stereocenters. The first-order chi connectivity index (χ1) is 21.1. The van der Waals surface area contributed by atoms with Crippen molar-refractivity contribution in [2.75, 3.05) is 18.5 Å². The fourth-order valence-corrected chi connectivity index (χ4v) is 9.90. The molecule has 0 radical (unpaired) electrons. The van der Waals surface area contributed by atoms with Gasteiger partial charge in [-0.1, -0.05) is 20.4 Å². The molecule has 6 rings (SSSR count). The zero-order valence-corrected chi connectivity index (χ0v) is 26.8. The van der Waals surface area contributed by atoms with Crippen LogP contribution >= 0.6 is 0 Å². The number of allylic oxidation sites excluding steroid dienone is 2. The lowest BCUT2D eigenvalue weighted by molar-refractivity contribution is -0.148. The summed E-state index contributed by atoms with van der Waals surface area (Å²) in [5.74, 6) is 4.51. The smallest absolute Gasteiger partial charge is 0.411 e. The lowest BCUT2D eigenvalue weighted by Gasteiger charge is -2.60. The molecule has 4 fully saturated rings. The molecule has 238 valence electrons. The summed E-state index contributed by atoms with van der Waals surface area (Å²) in [7, 11) is 0. The highest BCUT2D eigenvalue weighted by Gasteiger charge is 2.60. The number of carbonyl (C=O) groups is 3. The summed E-state index contributed by atoms with van der Waals surface area (Å²) in [5, 5.41) is 2.71. The first-order valence-corrected chi connectivity index (χ1v) is 16.9. The van der Waals surface area contributed by atoms with Crippen LogP contribution in [0, 0.1) is 34.5 Å². The van der Waals surface area contributed by atoms with Gasteiger partial charge in [0.25, 0.3) is 0 Å². The lowest BCUT2D eigenvalue weighted by atomic mass is 9.45. The van der Waals surface area contributed by atoms with Gasteiger partial charge in [0.15, 0.2) is 5.78 Å². The molecule has 0 unspecified atom stereocenters. The molecule has 44 heavy (non-hydrogen) atoms. The summed E-state index contributed by atoms with van der Waals surface area (Å²) in [6.07, 6.45) is 13.3. The third kappa shape index (κ3) is 5.89. The van der Waals surface area contributed by atoms with Crippen LogP contribution in [0.5, 0.6) is 5.75 Å². The largest absolute Gasteiger partial charge is 0.457 e. The summed E-state index contributed by atoms with van der Waals surface area (Å²) < 4.78 is 17.2. The molecule has 7 heteroatoms. The van der Waals surface area contributed by atoms with E-state index < -0.39 is 6.09 Å². The molecule has 1 aromatic carbocycles. The minimum absolute atomic E-state index is 0.146. The van der Waals surface area contributed by atoms with Crippen molar-refractivity contribution in [1.29, 1.82) is 0 Å². The summed E-state index contributed by atoms with van der Waals surface area (Å²) in [5.41, 5.74) is 3.07. The van der Waals surface area contributed by atoms with E-state index in [1.807, 2.05) is 18.2 Å². The standard InChI is InChI=1S/C37H49NO6/c1-5-42-35(41)38-26-10-12-29-24(19-23(2)44-33(29)21-26)7-6-8-28(40)22-43-34-14-13-31-30-11-9-25-20-27(39)15-17-36(25,3)32(30)16-18-37(31,34)4/h10,12,19,21,25,30-32,34H,2,5-9,11,13-18,20,22H2,1,3-4H3,(H,38,41)/t25-,30-,31-,32-,34-,36-,37-/m0/s1. The number of benzene rings is 1. The van der Waals surface area contributed by atoms with Crippen molar-refractivity contribution in [2.24, 2.45) is 34.5 Å². The number of carbonyl (C=O) groups excluding carboxylic acids is 3. The highest BCUT2D eigenvalue weighted by atomic mass is 16.5. The number of fused-ring (bicyclic) bond motifs is 6. The molecule has 0 spiro atoms. The maximum absolute atomic E-state index is 13.0. The second kappa shape index (κ2) is 12.5. The van der Waals surface area contributed by atoms with E-state index in [0.29, 0.717) is 53.3 Å². The predicted octanol–water partition coefficient (Wildman–Crippen LogP) is 8.28. The van der Waals surface area contributed by atoms with Crippen molar-refractivity contribution in [3.05, 3.63) is 42.2 Å². The van der Waals surface area contributed by atoms with Crippen LogP contribution in [0.15, 0.2) is 36.6 Å². The number of nitrogens with one attached hydrogen (secondary N) is 1. The predicted molar refractivity (Wildman–Crippen MR) is 170 cm³/mol. The van der Waals surface area contributed by atoms with E-state index in [-0.39, 0.29) is 23.9 Å². The maximum atomic E-state index is 13.0. The Bertz CT molecular complexity index is 1350. The van der Waals surface area contributed by atoms with Crippen molar-refractivity contribution in [3.63, 3.8) is 0 Å². The molecule has 1 aromatic rings. The molecule has 4 aliphatic carbocycles. The third-order valence-electron chi connectivity index (χ3n) is 12.2. The summed E-state index contributed by atoms with van der Waals surface area (Å²) in [6.45, 7) is 11.2. The Morgan fingerprint density at radius 1 is 1.07 bits per heavy atom. The van der Waals surface area contributed by atoms with E-state index in [4.69, 9.17) is 14.2 Å². The first kappa shape index (κ1) is 31.1. The van der Waals surface area contributed by atoms with Gasteiger partial charge in [-0.25, -0.2) is 4.79 Å². The third-order valence-corrected chi connectivity index (χ3v) is 12.2. The van der Waals surface area contributed by atoms with Crippen LogP contribution in [-0.2, 0) is 19.1 Å². The van der Waals surface area contributed by atoms with Crippen molar-refractivity contribution in [3.8, 4) is 5.75 Å². The molecule has 1 heterocycles. The molecule has 5 aliphatic rings. The molecule has 1 amide bonds. The zero-order chi connectivity index (χ0) is 31.1. The second-order valence-corrected chi connectivity index (χ2v) is 14.5. The van der Waals surface area contributed by atoms with E-state index in [9.17, 15) is 14.4 Å². The molecule has 0 aromatic heterocycles. The van der Waals surface area contributed by atoms with Crippen LogP contribution in [-0.4, -0.2) is 37.0 Å². The van der Waals surface area contributed by atoms with Crippen LogP contribution in [0.4, 0.5) is 10.5 Å². The number of anilines is 1. The van der Waals surface area contributed by atoms with Crippen LogP contribution in [0.3, 0.4) is 0 Å². The number of hydrogen-bond donors (Lipinski definition) is 1. The minimum atomic E-state index is -0.506.